The van der Waals surface area contributed by atoms with Gasteiger partial charge in [0, 0.05) is 25.7 Å². The van der Waals surface area contributed by atoms with Crippen LogP contribution in [0.2, 0.25) is 0 Å². The van der Waals surface area contributed by atoms with Gasteiger partial charge < -0.3 is 4.90 Å². The van der Waals surface area contributed by atoms with Crippen LogP contribution in [0.1, 0.15) is 36.9 Å². The Morgan fingerprint density at radius 2 is 2.05 bits per heavy atom. The zero-order valence-corrected chi connectivity index (χ0v) is 11.9. The van der Waals surface area contributed by atoms with E-state index >= 15 is 0 Å². The summed E-state index contributed by atoms with van der Waals surface area (Å²) in [5.74, 6) is 0.0671. The number of fused-ring (bicyclic) bond motifs is 1. The van der Waals surface area contributed by atoms with E-state index in [9.17, 15) is 9.18 Å². The summed E-state index contributed by atoms with van der Waals surface area (Å²) in [5.41, 5.74) is 2.24. The number of halogens is 1. The highest BCUT2D eigenvalue weighted by Crippen LogP contribution is 2.29. The van der Waals surface area contributed by atoms with Crippen LogP contribution in [0.4, 0.5) is 4.39 Å². The molecule has 2 aliphatic heterocycles. The molecule has 3 rings (SSSR count). The number of amides is 1. The van der Waals surface area contributed by atoms with Gasteiger partial charge in [-0.15, -0.1) is 0 Å². The number of nitrogens with zero attached hydrogens (tertiary/aromatic N) is 2. The standard InChI is InChI=1S/C16H21FN2O/c1-12-15-5-4-14(17)10-13(15)6-9-19(12)11-16(20)18-7-2-3-8-18/h4-5,10,12H,2-3,6-9,11H2,1H3/t12-/m0/s1. The van der Waals surface area contributed by atoms with Crippen LogP contribution in [-0.4, -0.2) is 41.9 Å². The SMILES string of the molecule is C[C@H]1c2ccc(F)cc2CCN1CC(=O)N1CCCC1. The van der Waals surface area contributed by atoms with E-state index in [-0.39, 0.29) is 17.8 Å². The maximum Gasteiger partial charge on any atom is 0.236 e. The first-order valence-electron chi connectivity index (χ1n) is 7.45. The van der Waals surface area contributed by atoms with Gasteiger partial charge in [-0.1, -0.05) is 6.07 Å². The molecule has 0 aliphatic carbocycles. The van der Waals surface area contributed by atoms with Crippen molar-refractivity contribution in [1.29, 1.82) is 0 Å². The molecule has 0 N–H and O–H groups in total. The summed E-state index contributed by atoms with van der Waals surface area (Å²) in [6.07, 6.45) is 3.08. The fraction of sp³-hybridized carbons (Fsp3) is 0.562. The largest absolute Gasteiger partial charge is 0.342 e. The van der Waals surface area contributed by atoms with Crippen LogP contribution in [0.5, 0.6) is 0 Å². The lowest BCUT2D eigenvalue weighted by Gasteiger charge is -2.35. The van der Waals surface area contributed by atoms with Gasteiger partial charge >= 0.3 is 0 Å². The van der Waals surface area contributed by atoms with Gasteiger partial charge in [-0.25, -0.2) is 4.39 Å². The van der Waals surface area contributed by atoms with E-state index < -0.39 is 0 Å². The lowest BCUT2D eigenvalue weighted by atomic mass is 9.93. The third kappa shape index (κ3) is 2.57. The van der Waals surface area contributed by atoms with Gasteiger partial charge in [0.2, 0.25) is 5.91 Å². The van der Waals surface area contributed by atoms with Gasteiger partial charge in [0.1, 0.15) is 5.82 Å². The molecule has 1 atom stereocenters. The van der Waals surface area contributed by atoms with Crippen molar-refractivity contribution >= 4 is 5.91 Å². The third-order valence-corrected chi connectivity index (χ3v) is 4.57. The molecule has 108 valence electrons. The Hall–Kier alpha value is -1.42. The molecule has 0 unspecified atom stereocenters. The maximum absolute atomic E-state index is 13.3. The number of benzene rings is 1. The molecule has 1 aromatic rings. The Kier molecular flexibility index (Phi) is 3.74. The highest BCUT2D eigenvalue weighted by atomic mass is 19.1. The van der Waals surface area contributed by atoms with Gasteiger partial charge in [-0.3, -0.25) is 9.69 Å². The minimum absolute atomic E-state index is 0.169. The number of hydrogen-bond donors (Lipinski definition) is 0. The van der Waals surface area contributed by atoms with Gasteiger partial charge in [-0.2, -0.15) is 0 Å². The quantitative estimate of drug-likeness (QED) is 0.828. The molecule has 0 bridgehead atoms. The van der Waals surface area contributed by atoms with E-state index in [0.29, 0.717) is 6.54 Å². The van der Waals surface area contributed by atoms with Crippen LogP contribution in [0.25, 0.3) is 0 Å². The van der Waals surface area contributed by atoms with Crippen molar-refractivity contribution in [2.45, 2.75) is 32.2 Å². The fourth-order valence-electron chi connectivity index (χ4n) is 3.31. The van der Waals surface area contributed by atoms with E-state index in [2.05, 4.69) is 11.8 Å². The number of rotatable bonds is 2. The topological polar surface area (TPSA) is 23.6 Å². The molecule has 1 saturated heterocycles. The zero-order valence-electron chi connectivity index (χ0n) is 11.9. The molecule has 2 heterocycles. The summed E-state index contributed by atoms with van der Waals surface area (Å²) in [7, 11) is 0. The van der Waals surface area contributed by atoms with Crippen LogP contribution in [0.15, 0.2) is 18.2 Å². The van der Waals surface area contributed by atoms with Crippen molar-refractivity contribution in [2.24, 2.45) is 0 Å². The normalized spacial score (nSPS) is 22.9. The first-order valence-corrected chi connectivity index (χ1v) is 7.45. The number of carbonyl (C=O) groups is 1. The number of likely N-dealkylation sites (tertiary alicyclic amines) is 1. The first-order chi connectivity index (χ1) is 9.65. The molecule has 3 nitrogen and oxygen atoms in total. The monoisotopic (exact) mass is 276 g/mol. The van der Waals surface area contributed by atoms with Gasteiger partial charge in [0.15, 0.2) is 0 Å². The lowest BCUT2D eigenvalue weighted by Crippen LogP contribution is -2.42. The molecule has 1 aromatic carbocycles. The van der Waals surface area contributed by atoms with Crippen molar-refractivity contribution in [3.05, 3.63) is 35.1 Å². The van der Waals surface area contributed by atoms with Crippen molar-refractivity contribution in [3.63, 3.8) is 0 Å². The Labute approximate surface area is 119 Å². The van der Waals surface area contributed by atoms with Crippen molar-refractivity contribution in [2.75, 3.05) is 26.2 Å². The average molecular weight is 276 g/mol. The lowest BCUT2D eigenvalue weighted by molar-refractivity contribution is -0.132. The summed E-state index contributed by atoms with van der Waals surface area (Å²) in [4.78, 5) is 16.4. The summed E-state index contributed by atoms with van der Waals surface area (Å²) in [6.45, 7) is 5.23. The van der Waals surface area contributed by atoms with Crippen LogP contribution >= 0.6 is 0 Å². The fourth-order valence-corrected chi connectivity index (χ4v) is 3.31. The third-order valence-electron chi connectivity index (χ3n) is 4.57. The van der Waals surface area contributed by atoms with E-state index in [1.165, 1.54) is 6.07 Å². The Bertz CT molecular complexity index is 511. The maximum atomic E-state index is 13.3. The van der Waals surface area contributed by atoms with E-state index in [1.807, 2.05) is 11.0 Å². The molecule has 0 aromatic heterocycles. The number of carbonyl (C=O) groups excluding carboxylic acids is 1. The average Bonchev–Trinajstić information content (AvgIpc) is 2.96. The highest BCUT2D eigenvalue weighted by Gasteiger charge is 2.27. The van der Waals surface area contributed by atoms with Crippen molar-refractivity contribution in [3.8, 4) is 0 Å². The van der Waals surface area contributed by atoms with Crippen LogP contribution in [-0.2, 0) is 11.2 Å². The molecule has 1 amide bonds. The Balaban J connectivity index is 1.70. The van der Waals surface area contributed by atoms with Gasteiger partial charge in [0.05, 0.1) is 6.54 Å². The second-order valence-electron chi connectivity index (χ2n) is 5.83. The van der Waals surface area contributed by atoms with Gasteiger partial charge in [0.25, 0.3) is 0 Å². The molecule has 0 saturated carbocycles. The molecular formula is C16H21FN2O. The van der Waals surface area contributed by atoms with E-state index in [0.717, 1.165) is 50.0 Å². The number of hydrogen-bond acceptors (Lipinski definition) is 2. The van der Waals surface area contributed by atoms with E-state index in [1.54, 1.807) is 6.07 Å². The predicted octanol–water partition coefficient (Wildman–Crippen LogP) is 2.37. The van der Waals surface area contributed by atoms with Crippen LogP contribution < -0.4 is 0 Å². The van der Waals surface area contributed by atoms with Crippen molar-refractivity contribution < 1.29 is 9.18 Å². The molecule has 0 spiro atoms. The molecular weight excluding hydrogens is 255 g/mol. The second kappa shape index (κ2) is 5.52. The van der Waals surface area contributed by atoms with Gasteiger partial charge in [-0.05, 0) is 49.4 Å². The summed E-state index contributed by atoms with van der Waals surface area (Å²) in [5, 5.41) is 0. The first kappa shape index (κ1) is 13.6. The molecule has 4 heteroatoms. The van der Waals surface area contributed by atoms with E-state index in [4.69, 9.17) is 0 Å². The summed E-state index contributed by atoms with van der Waals surface area (Å²) >= 11 is 0. The van der Waals surface area contributed by atoms with Crippen LogP contribution in [0, 0.1) is 5.82 Å². The second-order valence-corrected chi connectivity index (χ2v) is 5.83. The summed E-state index contributed by atoms with van der Waals surface area (Å²) < 4.78 is 13.3. The molecule has 20 heavy (non-hydrogen) atoms. The van der Waals surface area contributed by atoms with Crippen LogP contribution in [0.3, 0.4) is 0 Å². The minimum atomic E-state index is -0.169. The molecule has 0 radical (unpaired) electrons. The Morgan fingerprint density at radius 1 is 1.30 bits per heavy atom. The molecule has 1 fully saturated rings. The zero-order chi connectivity index (χ0) is 14.1. The van der Waals surface area contributed by atoms with Crippen molar-refractivity contribution in [1.82, 2.24) is 9.80 Å². The highest BCUT2D eigenvalue weighted by molar-refractivity contribution is 5.78. The Morgan fingerprint density at radius 3 is 2.80 bits per heavy atom. The predicted molar refractivity (Wildman–Crippen MR) is 75.9 cm³/mol. The minimum Gasteiger partial charge on any atom is -0.342 e. The summed E-state index contributed by atoms with van der Waals surface area (Å²) in [6, 6.07) is 5.19. The molecule has 2 aliphatic rings. The smallest absolute Gasteiger partial charge is 0.236 e.